The molecule has 1 saturated heterocycles. The molecule has 1 aliphatic heterocycles. The van der Waals surface area contributed by atoms with Gasteiger partial charge in [0.1, 0.15) is 5.82 Å². The third-order valence-corrected chi connectivity index (χ3v) is 4.74. The van der Waals surface area contributed by atoms with E-state index in [-0.39, 0.29) is 11.8 Å². The zero-order valence-corrected chi connectivity index (χ0v) is 14.2. The van der Waals surface area contributed by atoms with Crippen molar-refractivity contribution in [2.45, 2.75) is 24.9 Å². The molecule has 1 fully saturated rings. The van der Waals surface area contributed by atoms with Gasteiger partial charge in [0.05, 0.1) is 11.1 Å². The summed E-state index contributed by atoms with van der Waals surface area (Å²) in [6, 6.07) is 5.69. The number of rotatable bonds is 2. The fraction of sp³-hybridized carbons (Fsp3) is 0.333. The molecule has 1 amide bonds. The van der Waals surface area contributed by atoms with Crippen LogP contribution in [0, 0.1) is 0 Å². The van der Waals surface area contributed by atoms with Crippen molar-refractivity contribution < 1.29 is 18.0 Å². The average molecular weight is 375 g/mol. The van der Waals surface area contributed by atoms with E-state index in [1.807, 2.05) is 0 Å². The van der Waals surface area contributed by atoms with Gasteiger partial charge in [-0.2, -0.15) is 13.2 Å². The van der Waals surface area contributed by atoms with E-state index in [1.54, 1.807) is 23.2 Å². The smallest absolute Gasteiger partial charge is 0.338 e. The summed E-state index contributed by atoms with van der Waals surface area (Å²) in [4.78, 5) is 18.3. The molecule has 0 spiro atoms. The number of halogens is 3. The van der Waals surface area contributed by atoms with Crippen molar-refractivity contribution in [2.75, 3.05) is 13.1 Å². The molecule has 3 aromatic heterocycles. The molecule has 0 aliphatic carbocycles. The van der Waals surface area contributed by atoms with Crippen LogP contribution in [0.2, 0.25) is 0 Å². The minimum atomic E-state index is -4.44. The topological polar surface area (TPSA) is 63.4 Å². The number of hydrogen-bond acceptors (Lipinski definition) is 4. The highest BCUT2D eigenvalue weighted by Gasteiger charge is 2.33. The van der Waals surface area contributed by atoms with Crippen LogP contribution in [0.5, 0.6) is 0 Å². The van der Waals surface area contributed by atoms with Gasteiger partial charge < -0.3 is 4.90 Å². The van der Waals surface area contributed by atoms with Gasteiger partial charge in [0, 0.05) is 37.6 Å². The second-order valence-corrected chi connectivity index (χ2v) is 6.53. The zero-order chi connectivity index (χ0) is 19.0. The lowest BCUT2D eigenvalue weighted by molar-refractivity contribution is -0.137. The van der Waals surface area contributed by atoms with Crippen molar-refractivity contribution in [2.24, 2.45) is 0 Å². The van der Waals surface area contributed by atoms with Gasteiger partial charge in [-0.25, -0.2) is 0 Å². The third kappa shape index (κ3) is 3.36. The average Bonchev–Trinajstić information content (AvgIpc) is 3.11. The van der Waals surface area contributed by atoms with E-state index in [0.717, 1.165) is 25.1 Å². The highest BCUT2D eigenvalue weighted by atomic mass is 19.4. The Kier molecular flexibility index (Phi) is 4.29. The number of carbonyl (C=O) groups excluding carboxylic acids is 1. The number of likely N-dealkylation sites (tertiary alicyclic amines) is 1. The van der Waals surface area contributed by atoms with Gasteiger partial charge in [-0.1, -0.05) is 0 Å². The molecule has 1 atom stereocenters. The highest BCUT2D eigenvalue weighted by molar-refractivity contribution is 5.94. The standard InChI is InChI=1S/C18H16F3N5O/c19-18(20,21)14-5-6-15-23-24-16(26(15)11-14)13-4-2-8-25(10-13)17(27)12-3-1-7-22-9-12/h1,3,5-7,9,11,13H,2,4,8,10H2. The predicted octanol–water partition coefficient (Wildman–Crippen LogP) is 3.16. The summed E-state index contributed by atoms with van der Waals surface area (Å²) in [5.41, 5.74) is 0.0903. The first-order chi connectivity index (χ1) is 12.9. The van der Waals surface area contributed by atoms with Crippen molar-refractivity contribution >= 4 is 11.6 Å². The number of pyridine rings is 2. The number of nitrogens with zero attached hydrogens (tertiary/aromatic N) is 5. The fourth-order valence-corrected chi connectivity index (χ4v) is 3.40. The van der Waals surface area contributed by atoms with Crippen LogP contribution in [0.1, 0.15) is 40.5 Å². The Morgan fingerprint density at radius 1 is 1.19 bits per heavy atom. The van der Waals surface area contributed by atoms with E-state index >= 15 is 0 Å². The maximum Gasteiger partial charge on any atom is 0.417 e. The first kappa shape index (κ1) is 17.4. The third-order valence-electron chi connectivity index (χ3n) is 4.74. The molecule has 4 rings (SSSR count). The number of carbonyl (C=O) groups is 1. The van der Waals surface area contributed by atoms with E-state index in [1.165, 1.54) is 16.7 Å². The summed E-state index contributed by atoms with van der Waals surface area (Å²) in [5, 5.41) is 8.08. The molecule has 4 heterocycles. The minimum absolute atomic E-state index is 0.141. The largest absolute Gasteiger partial charge is 0.417 e. The summed E-state index contributed by atoms with van der Waals surface area (Å²) in [6.07, 6.45) is 1.15. The van der Waals surface area contributed by atoms with E-state index in [0.29, 0.717) is 30.1 Å². The van der Waals surface area contributed by atoms with Crippen molar-refractivity contribution in [1.29, 1.82) is 0 Å². The molecule has 3 aromatic rings. The quantitative estimate of drug-likeness (QED) is 0.690. The first-order valence-corrected chi connectivity index (χ1v) is 8.54. The second-order valence-electron chi connectivity index (χ2n) is 6.53. The minimum Gasteiger partial charge on any atom is -0.338 e. The Bertz CT molecular complexity index is 970. The lowest BCUT2D eigenvalue weighted by Crippen LogP contribution is -2.39. The van der Waals surface area contributed by atoms with Gasteiger partial charge in [0.15, 0.2) is 5.65 Å². The Morgan fingerprint density at radius 2 is 2.04 bits per heavy atom. The van der Waals surface area contributed by atoms with Crippen LogP contribution in [0.25, 0.3) is 5.65 Å². The lowest BCUT2D eigenvalue weighted by Gasteiger charge is -2.32. The molecule has 0 bridgehead atoms. The molecule has 6 nitrogen and oxygen atoms in total. The first-order valence-electron chi connectivity index (χ1n) is 8.54. The molecular weight excluding hydrogens is 359 g/mol. The summed E-state index contributed by atoms with van der Waals surface area (Å²) < 4.78 is 40.5. The van der Waals surface area contributed by atoms with E-state index in [9.17, 15) is 18.0 Å². The van der Waals surface area contributed by atoms with Gasteiger partial charge in [-0.05, 0) is 37.1 Å². The Labute approximate surface area is 152 Å². The normalized spacial score (nSPS) is 18.0. The number of alkyl halides is 3. The Hall–Kier alpha value is -2.97. The molecule has 0 radical (unpaired) electrons. The molecule has 0 aromatic carbocycles. The molecule has 9 heteroatoms. The lowest BCUT2D eigenvalue weighted by atomic mass is 9.96. The molecule has 1 aliphatic rings. The van der Waals surface area contributed by atoms with Crippen molar-refractivity contribution in [1.82, 2.24) is 24.5 Å². The van der Waals surface area contributed by atoms with Crippen LogP contribution < -0.4 is 0 Å². The van der Waals surface area contributed by atoms with Crippen molar-refractivity contribution in [3.63, 3.8) is 0 Å². The number of fused-ring (bicyclic) bond motifs is 1. The summed E-state index contributed by atoms with van der Waals surface area (Å²) in [7, 11) is 0. The van der Waals surface area contributed by atoms with Crippen LogP contribution in [0.3, 0.4) is 0 Å². The van der Waals surface area contributed by atoms with E-state index < -0.39 is 11.7 Å². The van der Waals surface area contributed by atoms with Crippen LogP contribution in [-0.4, -0.2) is 43.5 Å². The van der Waals surface area contributed by atoms with Crippen LogP contribution in [0.15, 0.2) is 42.9 Å². The van der Waals surface area contributed by atoms with Gasteiger partial charge in [0.25, 0.3) is 5.91 Å². The second kappa shape index (κ2) is 6.64. The van der Waals surface area contributed by atoms with Crippen molar-refractivity contribution in [3.8, 4) is 0 Å². The molecule has 1 unspecified atom stereocenters. The molecule has 0 saturated carbocycles. The summed E-state index contributed by atoms with van der Waals surface area (Å²) in [5.74, 6) is 0.121. The number of hydrogen-bond donors (Lipinski definition) is 0. The van der Waals surface area contributed by atoms with E-state index in [4.69, 9.17) is 0 Å². The predicted molar refractivity (Wildman–Crippen MR) is 90.1 cm³/mol. The Balaban J connectivity index is 1.62. The number of piperidine rings is 1. The van der Waals surface area contributed by atoms with Crippen molar-refractivity contribution in [3.05, 3.63) is 59.8 Å². The molecule has 27 heavy (non-hydrogen) atoms. The maximum atomic E-state index is 13.0. The molecule has 140 valence electrons. The van der Waals surface area contributed by atoms with Gasteiger partial charge in [-0.3, -0.25) is 14.2 Å². The monoisotopic (exact) mass is 375 g/mol. The van der Waals surface area contributed by atoms with E-state index in [2.05, 4.69) is 15.2 Å². The van der Waals surface area contributed by atoms with Crippen LogP contribution in [0.4, 0.5) is 13.2 Å². The highest BCUT2D eigenvalue weighted by Crippen LogP contribution is 2.31. The molecular formula is C18H16F3N5O. The zero-order valence-electron chi connectivity index (χ0n) is 14.2. The fourth-order valence-electron chi connectivity index (χ4n) is 3.40. The number of amides is 1. The SMILES string of the molecule is O=C(c1cccnc1)N1CCCC(c2nnc3ccc(C(F)(F)F)cn23)C1. The summed E-state index contributed by atoms with van der Waals surface area (Å²) in [6.45, 7) is 0.972. The van der Waals surface area contributed by atoms with Gasteiger partial charge >= 0.3 is 6.18 Å². The number of aromatic nitrogens is 4. The van der Waals surface area contributed by atoms with Crippen LogP contribution in [-0.2, 0) is 6.18 Å². The van der Waals surface area contributed by atoms with Crippen LogP contribution >= 0.6 is 0 Å². The molecule has 0 N–H and O–H groups in total. The Morgan fingerprint density at radius 3 is 2.78 bits per heavy atom. The summed E-state index contributed by atoms with van der Waals surface area (Å²) >= 11 is 0. The van der Waals surface area contributed by atoms with Gasteiger partial charge in [-0.15, -0.1) is 10.2 Å². The maximum absolute atomic E-state index is 13.0. The van der Waals surface area contributed by atoms with Gasteiger partial charge in [0.2, 0.25) is 0 Å².